The Morgan fingerprint density at radius 1 is 1.38 bits per heavy atom. The molecule has 5 heteroatoms. The predicted octanol–water partition coefficient (Wildman–Crippen LogP) is 2.99. The van der Waals surface area contributed by atoms with E-state index in [9.17, 15) is 4.79 Å². The van der Waals surface area contributed by atoms with E-state index in [1.165, 1.54) is 5.56 Å². The lowest BCUT2D eigenvalue weighted by atomic mass is 9.99. The van der Waals surface area contributed by atoms with Crippen molar-refractivity contribution in [1.82, 2.24) is 9.80 Å². The molecule has 2 rings (SSSR count). The summed E-state index contributed by atoms with van der Waals surface area (Å²) in [7, 11) is 1.91. The summed E-state index contributed by atoms with van der Waals surface area (Å²) in [5.74, 6) is -0.747. The molecule has 1 aliphatic heterocycles. The highest BCUT2D eigenvalue weighted by Crippen LogP contribution is 2.26. The molecule has 0 radical (unpaired) electrons. The maximum Gasteiger partial charge on any atom is 0.317 e. The van der Waals surface area contributed by atoms with Crippen molar-refractivity contribution in [2.45, 2.75) is 31.8 Å². The van der Waals surface area contributed by atoms with Gasteiger partial charge in [0.25, 0.3) is 0 Å². The molecule has 21 heavy (non-hydrogen) atoms. The second kappa shape index (κ2) is 7.38. The molecule has 0 aliphatic carbocycles. The van der Waals surface area contributed by atoms with Gasteiger partial charge in [0, 0.05) is 29.6 Å². The van der Waals surface area contributed by atoms with Gasteiger partial charge in [0.05, 0.1) is 6.54 Å². The van der Waals surface area contributed by atoms with Crippen molar-refractivity contribution in [2.24, 2.45) is 0 Å². The van der Waals surface area contributed by atoms with Crippen molar-refractivity contribution in [2.75, 3.05) is 26.7 Å². The molecule has 116 valence electrons. The third-order valence-corrected chi connectivity index (χ3v) is 4.94. The van der Waals surface area contributed by atoms with Crippen molar-refractivity contribution in [3.63, 3.8) is 0 Å². The predicted molar refractivity (Wildman–Crippen MR) is 87.4 cm³/mol. The number of piperidine rings is 1. The summed E-state index contributed by atoms with van der Waals surface area (Å²) < 4.78 is 1.10. The zero-order chi connectivity index (χ0) is 15.4. The summed E-state index contributed by atoms with van der Waals surface area (Å²) in [6, 6.07) is 9.28. The van der Waals surface area contributed by atoms with Crippen LogP contribution in [-0.4, -0.2) is 53.6 Å². The first-order valence-corrected chi connectivity index (χ1v) is 8.18. The Morgan fingerprint density at radius 3 is 2.48 bits per heavy atom. The van der Waals surface area contributed by atoms with Crippen LogP contribution in [0.15, 0.2) is 28.7 Å². The Bertz CT molecular complexity index is 470. The number of benzene rings is 1. The lowest BCUT2D eigenvalue weighted by Gasteiger charge is -2.39. The van der Waals surface area contributed by atoms with E-state index < -0.39 is 5.97 Å². The van der Waals surface area contributed by atoms with E-state index in [2.05, 4.69) is 52.0 Å². The minimum Gasteiger partial charge on any atom is -0.480 e. The van der Waals surface area contributed by atoms with Crippen LogP contribution in [0.3, 0.4) is 0 Å². The third kappa shape index (κ3) is 4.53. The molecule has 0 spiro atoms. The molecule has 0 bridgehead atoms. The van der Waals surface area contributed by atoms with Crippen molar-refractivity contribution in [3.05, 3.63) is 34.3 Å². The summed E-state index contributed by atoms with van der Waals surface area (Å²) >= 11 is 3.47. The van der Waals surface area contributed by atoms with Gasteiger partial charge in [0.2, 0.25) is 0 Å². The fourth-order valence-electron chi connectivity index (χ4n) is 3.01. The number of carboxylic acids is 1. The topological polar surface area (TPSA) is 43.8 Å². The lowest BCUT2D eigenvalue weighted by Crippen LogP contribution is -2.45. The van der Waals surface area contributed by atoms with Gasteiger partial charge in [-0.15, -0.1) is 0 Å². The zero-order valence-corrected chi connectivity index (χ0v) is 14.2. The standard InChI is InChI=1S/C16H23BrN2O2/c1-12(13-3-5-14(17)6-4-13)19-9-7-15(8-10-19)18(2)11-16(20)21/h3-6,12,15H,7-11H2,1-2H3,(H,20,21). The van der Waals surface area contributed by atoms with E-state index in [1.807, 2.05) is 11.9 Å². The molecule has 1 atom stereocenters. The number of hydrogen-bond donors (Lipinski definition) is 1. The second-order valence-corrected chi connectivity index (χ2v) is 6.72. The van der Waals surface area contributed by atoms with Crippen LogP contribution in [0.5, 0.6) is 0 Å². The van der Waals surface area contributed by atoms with Gasteiger partial charge in [0.15, 0.2) is 0 Å². The molecule has 1 aromatic rings. The van der Waals surface area contributed by atoms with E-state index >= 15 is 0 Å². The minimum absolute atomic E-state index is 0.132. The Kier molecular flexibility index (Phi) is 5.79. The van der Waals surface area contributed by atoms with Gasteiger partial charge in [-0.3, -0.25) is 14.6 Å². The summed E-state index contributed by atoms with van der Waals surface area (Å²) in [6.07, 6.45) is 2.06. The number of aliphatic carboxylic acids is 1. The van der Waals surface area contributed by atoms with Crippen LogP contribution < -0.4 is 0 Å². The van der Waals surface area contributed by atoms with E-state index in [1.54, 1.807) is 0 Å². The Labute approximate surface area is 134 Å². The Balaban J connectivity index is 1.88. The van der Waals surface area contributed by atoms with Crippen molar-refractivity contribution >= 4 is 21.9 Å². The van der Waals surface area contributed by atoms with Crippen molar-refractivity contribution in [3.8, 4) is 0 Å². The SMILES string of the molecule is CC(c1ccc(Br)cc1)N1CCC(N(C)CC(=O)O)CC1. The molecule has 1 unspecified atom stereocenters. The summed E-state index contributed by atoms with van der Waals surface area (Å²) in [4.78, 5) is 15.2. The highest BCUT2D eigenvalue weighted by molar-refractivity contribution is 9.10. The fourth-order valence-corrected chi connectivity index (χ4v) is 3.27. The normalized spacial score (nSPS) is 18.9. The molecule has 4 nitrogen and oxygen atoms in total. The van der Waals surface area contributed by atoms with Crippen LogP contribution in [0, 0.1) is 0 Å². The molecular formula is C16H23BrN2O2. The quantitative estimate of drug-likeness (QED) is 0.882. The van der Waals surface area contributed by atoms with Gasteiger partial charge in [-0.05, 0) is 44.5 Å². The van der Waals surface area contributed by atoms with E-state index in [0.29, 0.717) is 12.1 Å². The largest absolute Gasteiger partial charge is 0.480 e. The molecule has 1 heterocycles. The monoisotopic (exact) mass is 354 g/mol. The van der Waals surface area contributed by atoms with Gasteiger partial charge in [-0.25, -0.2) is 0 Å². The highest BCUT2D eigenvalue weighted by atomic mass is 79.9. The molecule has 1 N–H and O–H groups in total. The van der Waals surface area contributed by atoms with Crippen LogP contribution in [0.1, 0.15) is 31.4 Å². The summed E-state index contributed by atoms with van der Waals surface area (Å²) in [5, 5.41) is 8.87. The number of halogens is 1. The fraction of sp³-hybridized carbons (Fsp3) is 0.562. The molecular weight excluding hydrogens is 332 g/mol. The molecule has 1 aliphatic rings. The number of carboxylic acid groups (broad SMARTS) is 1. The van der Waals surface area contributed by atoms with Crippen LogP contribution in [0.2, 0.25) is 0 Å². The number of rotatable bonds is 5. The van der Waals surface area contributed by atoms with Gasteiger partial charge in [0.1, 0.15) is 0 Å². The second-order valence-electron chi connectivity index (χ2n) is 5.80. The smallest absolute Gasteiger partial charge is 0.317 e. The average Bonchev–Trinajstić information content (AvgIpc) is 2.47. The molecule has 0 amide bonds. The maximum atomic E-state index is 10.8. The maximum absolute atomic E-state index is 10.8. The Morgan fingerprint density at radius 2 is 1.95 bits per heavy atom. The first kappa shape index (κ1) is 16.5. The van der Waals surface area contributed by atoms with E-state index in [4.69, 9.17) is 5.11 Å². The molecule has 1 aromatic carbocycles. The zero-order valence-electron chi connectivity index (χ0n) is 12.6. The first-order valence-electron chi connectivity index (χ1n) is 7.39. The molecule has 0 saturated carbocycles. The molecule has 1 fully saturated rings. The molecule has 0 aromatic heterocycles. The Hall–Kier alpha value is -0.910. The van der Waals surface area contributed by atoms with Crippen LogP contribution in [0.25, 0.3) is 0 Å². The number of nitrogens with zero attached hydrogens (tertiary/aromatic N) is 2. The average molecular weight is 355 g/mol. The highest BCUT2D eigenvalue weighted by Gasteiger charge is 2.26. The number of likely N-dealkylation sites (N-methyl/N-ethyl adjacent to an activating group) is 1. The van der Waals surface area contributed by atoms with Gasteiger partial charge >= 0.3 is 5.97 Å². The number of hydrogen-bond acceptors (Lipinski definition) is 3. The minimum atomic E-state index is -0.747. The van der Waals surface area contributed by atoms with Crippen LogP contribution >= 0.6 is 15.9 Å². The molecule has 1 saturated heterocycles. The lowest BCUT2D eigenvalue weighted by molar-refractivity contribution is -0.138. The number of likely N-dealkylation sites (tertiary alicyclic amines) is 1. The summed E-state index contributed by atoms with van der Waals surface area (Å²) in [6.45, 7) is 4.41. The van der Waals surface area contributed by atoms with Gasteiger partial charge < -0.3 is 5.11 Å². The van der Waals surface area contributed by atoms with Gasteiger partial charge in [-0.2, -0.15) is 0 Å². The van der Waals surface area contributed by atoms with E-state index in [-0.39, 0.29) is 6.54 Å². The first-order chi connectivity index (χ1) is 9.97. The van der Waals surface area contributed by atoms with Gasteiger partial charge in [-0.1, -0.05) is 28.1 Å². The summed E-state index contributed by atoms with van der Waals surface area (Å²) in [5.41, 5.74) is 1.33. The third-order valence-electron chi connectivity index (χ3n) is 4.41. The van der Waals surface area contributed by atoms with Crippen LogP contribution in [0.4, 0.5) is 0 Å². The number of carbonyl (C=O) groups is 1. The van der Waals surface area contributed by atoms with Crippen molar-refractivity contribution in [1.29, 1.82) is 0 Å². The van der Waals surface area contributed by atoms with Crippen molar-refractivity contribution < 1.29 is 9.90 Å². The van der Waals surface area contributed by atoms with Crippen LogP contribution in [-0.2, 0) is 4.79 Å². The van der Waals surface area contributed by atoms with E-state index in [0.717, 1.165) is 30.4 Å².